The van der Waals surface area contributed by atoms with Gasteiger partial charge in [0.15, 0.2) is 0 Å². The van der Waals surface area contributed by atoms with Crippen LogP contribution < -0.4 is 34.0 Å². The number of anilines is 1. The fourth-order valence-corrected chi connectivity index (χ4v) is 3.20. The molecule has 0 atom stereocenters. The van der Waals surface area contributed by atoms with Crippen molar-refractivity contribution in [3.63, 3.8) is 0 Å². The highest BCUT2D eigenvalue weighted by atomic mass is 16.5. The topological polar surface area (TPSA) is 254 Å². The molecule has 13 N–H and O–H groups in total. The lowest BCUT2D eigenvalue weighted by Crippen LogP contribution is -2.25. The van der Waals surface area contributed by atoms with Gasteiger partial charge < -0.3 is 63.1 Å². The second-order valence-corrected chi connectivity index (χ2v) is 9.59. The number of carbonyl (C=O) groups is 2. The van der Waals surface area contributed by atoms with Crippen LogP contribution in [0.1, 0.15) is 75.1 Å². The summed E-state index contributed by atoms with van der Waals surface area (Å²) in [5, 5.41) is 18.8. The van der Waals surface area contributed by atoms with E-state index in [4.69, 9.17) is 57.8 Å². The maximum absolute atomic E-state index is 10.3. The first-order valence-corrected chi connectivity index (χ1v) is 16.0. The summed E-state index contributed by atoms with van der Waals surface area (Å²) >= 11 is 0. The molecule has 45 heavy (non-hydrogen) atoms. The summed E-state index contributed by atoms with van der Waals surface area (Å²) in [5.41, 5.74) is 27.1. The van der Waals surface area contributed by atoms with Crippen molar-refractivity contribution in [2.75, 3.05) is 91.3 Å². The lowest BCUT2D eigenvalue weighted by molar-refractivity contribution is 0.0519. The number of nitrogens with two attached hydrogens (primary N) is 5. The zero-order valence-corrected chi connectivity index (χ0v) is 27.6. The molecule has 1 aromatic rings. The van der Waals surface area contributed by atoms with Gasteiger partial charge in [-0.3, -0.25) is 0 Å². The fraction of sp³-hybridized carbons (Fsp3) is 0.742. The molecule has 1 aromatic carbocycles. The highest BCUT2D eigenvalue weighted by Crippen LogP contribution is 2.09. The van der Waals surface area contributed by atoms with Crippen molar-refractivity contribution in [2.45, 2.75) is 64.7 Å². The molecule has 1 rings (SSSR count). The molecule has 0 fully saturated rings. The predicted octanol–water partition coefficient (Wildman–Crippen LogP) is 2.63. The Morgan fingerprint density at radius 1 is 0.600 bits per heavy atom. The number of unbranched alkanes of at least 4 members (excludes halogenated alkanes) is 8. The van der Waals surface area contributed by atoms with E-state index in [1.807, 2.05) is 0 Å². The van der Waals surface area contributed by atoms with Crippen molar-refractivity contribution >= 4 is 17.7 Å². The molecule has 0 saturated heterocycles. The summed E-state index contributed by atoms with van der Waals surface area (Å²) < 4.78 is 20.1. The quantitative estimate of drug-likeness (QED) is 0.0561. The second-order valence-electron chi connectivity index (χ2n) is 9.59. The lowest BCUT2D eigenvalue weighted by atomic mass is 10.1. The Kier molecular flexibility index (Phi) is 43.1. The third-order valence-corrected chi connectivity index (χ3v) is 5.52. The van der Waals surface area contributed by atoms with Crippen molar-refractivity contribution < 1.29 is 38.7 Å². The molecule has 0 saturated carbocycles. The first kappa shape index (κ1) is 46.9. The van der Waals surface area contributed by atoms with Gasteiger partial charge in [0.1, 0.15) is 0 Å². The highest BCUT2D eigenvalue weighted by Gasteiger charge is 1.99. The van der Waals surface area contributed by atoms with Crippen molar-refractivity contribution in [3.05, 3.63) is 29.8 Å². The zero-order chi connectivity index (χ0) is 34.2. The molecular weight excluding hydrogens is 584 g/mol. The molecule has 14 nitrogen and oxygen atoms in total. The first-order valence-electron chi connectivity index (χ1n) is 16.0. The van der Waals surface area contributed by atoms with Crippen LogP contribution in [0.5, 0.6) is 0 Å². The van der Waals surface area contributed by atoms with Crippen LogP contribution in [0.15, 0.2) is 24.3 Å². The number of amides is 1. The van der Waals surface area contributed by atoms with Crippen LogP contribution in [0.4, 0.5) is 10.5 Å². The molecule has 0 aliphatic rings. The van der Waals surface area contributed by atoms with Crippen molar-refractivity contribution in [1.82, 2.24) is 5.32 Å². The van der Waals surface area contributed by atoms with E-state index >= 15 is 0 Å². The highest BCUT2D eigenvalue weighted by molar-refractivity contribution is 5.87. The van der Waals surface area contributed by atoms with E-state index in [-0.39, 0.29) is 5.56 Å². The molecule has 0 spiro atoms. The van der Waals surface area contributed by atoms with Gasteiger partial charge in [-0.2, -0.15) is 0 Å². The van der Waals surface area contributed by atoms with Gasteiger partial charge in [0.2, 0.25) is 0 Å². The molecule has 1 amide bonds. The summed E-state index contributed by atoms with van der Waals surface area (Å²) in [5.74, 6) is -0.931. The number of hydrogen-bond acceptors (Lipinski definition) is 11. The van der Waals surface area contributed by atoms with E-state index in [0.717, 1.165) is 6.54 Å². The van der Waals surface area contributed by atoms with E-state index in [1.54, 1.807) is 12.1 Å². The van der Waals surface area contributed by atoms with Gasteiger partial charge in [0.25, 0.3) is 0 Å². The van der Waals surface area contributed by atoms with E-state index < -0.39 is 12.1 Å². The van der Waals surface area contributed by atoms with Crippen molar-refractivity contribution in [3.8, 4) is 0 Å². The fourth-order valence-electron chi connectivity index (χ4n) is 3.20. The van der Waals surface area contributed by atoms with Crippen LogP contribution >= 0.6 is 0 Å². The Labute approximate surface area is 270 Å². The van der Waals surface area contributed by atoms with Crippen LogP contribution in [0.25, 0.3) is 0 Å². The molecule has 0 aliphatic heterocycles. The van der Waals surface area contributed by atoms with Gasteiger partial charge in [-0.15, -0.1) is 0 Å². The average Bonchev–Trinajstić information content (AvgIpc) is 3.03. The molecule has 14 heteroatoms. The molecular formula is C31H64N6O8. The summed E-state index contributed by atoms with van der Waals surface area (Å²) in [6, 6.07) is 6.06. The monoisotopic (exact) mass is 648 g/mol. The molecule has 0 bridgehead atoms. The molecule has 0 radical (unpaired) electrons. The number of aromatic carboxylic acids is 1. The van der Waals surface area contributed by atoms with Crippen LogP contribution in [-0.2, 0) is 18.9 Å². The summed E-state index contributed by atoms with van der Waals surface area (Å²) in [6.07, 6.45) is 11.4. The SMILES string of the molecule is CCCCCCCCCCCN.NCCOCCOCCN.NCCOCCOCCNC(=O)O.Nc1ccc(C(=O)O)cc1. The zero-order valence-electron chi connectivity index (χ0n) is 27.6. The Hall–Kier alpha value is -2.56. The molecule has 266 valence electrons. The summed E-state index contributed by atoms with van der Waals surface area (Å²) in [4.78, 5) is 20.2. The molecule has 0 aromatic heterocycles. The van der Waals surface area contributed by atoms with Crippen LogP contribution in [0, 0.1) is 0 Å². The number of nitrogen functional groups attached to an aromatic ring is 1. The maximum atomic E-state index is 10.3. The Bertz CT molecular complexity index is 715. The van der Waals surface area contributed by atoms with Gasteiger partial charge >= 0.3 is 12.1 Å². The van der Waals surface area contributed by atoms with Crippen molar-refractivity contribution in [2.24, 2.45) is 22.9 Å². The van der Waals surface area contributed by atoms with Crippen molar-refractivity contribution in [1.29, 1.82) is 0 Å². The first-order chi connectivity index (χ1) is 21.8. The van der Waals surface area contributed by atoms with Crippen LogP contribution in [-0.4, -0.2) is 108 Å². The van der Waals surface area contributed by atoms with E-state index in [1.165, 1.54) is 69.9 Å². The van der Waals surface area contributed by atoms with Crippen LogP contribution in [0.2, 0.25) is 0 Å². The Balaban J connectivity index is -0.000000525. The lowest BCUT2D eigenvalue weighted by Gasteiger charge is -2.04. The minimum Gasteiger partial charge on any atom is -0.478 e. The Morgan fingerprint density at radius 3 is 1.36 bits per heavy atom. The Morgan fingerprint density at radius 2 is 1.00 bits per heavy atom. The number of hydrogen-bond donors (Lipinski definition) is 8. The standard InChI is InChI=1S/C11H25N.C7H16N2O4.C7H7NO2.C6H16N2O2/c1-2-3-4-5-6-7-8-9-10-11-12;8-1-3-12-5-6-13-4-2-9-7(10)11;8-6-3-1-5(2-4-6)7(9)10;7-1-3-9-5-6-10-4-2-8/h2-12H2,1H3;9H,1-6,8H2,(H,10,11);1-4H,8H2,(H,9,10);1-8H2. The smallest absolute Gasteiger partial charge is 0.404 e. The minimum absolute atomic E-state index is 0.259. The molecule has 0 aliphatic carbocycles. The predicted molar refractivity (Wildman–Crippen MR) is 181 cm³/mol. The summed E-state index contributed by atoms with van der Waals surface area (Å²) in [7, 11) is 0. The number of nitrogens with one attached hydrogen (secondary N) is 1. The third-order valence-electron chi connectivity index (χ3n) is 5.52. The van der Waals surface area contributed by atoms with E-state index in [9.17, 15) is 9.59 Å². The van der Waals surface area contributed by atoms with E-state index in [2.05, 4.69) is 12.2 Å². The summed E-state index contributed by atoms with van der Waals surface area (Å²) in [6.45, 7) is 9.32. The molecule has 0 unspecified atom stereocenters. The van der Waals surface area contributed by atoms with Gasteiger partial charge in [0.05, 0.1) is 58.4 Å². The minimum atomic E-state index is -1.04. The number of carboxylic acids is 1. The van der Waals surface area contributed by atoms with E-state index in [0.29, 0.717) is 84.7 Å². The third kappa shape index (κ3) is 46.0. The number of ether oxygens (including phenoxy) is 4. The average molecular weight is 649 g/mol. The van der Waals surface area contributed by atoms with Crippen LogP contribution in [0.3, 0.4) is 0 Å². The largest absolute Gasteiger partial charge is 0.478 e. The normalized spacial score (nSPS) is 9.98. The second kappa shape index (κ2) is 41.4. The molecule has 0 heterocycles. The number of benzene rings is 1. The van der Waals surface area contributed by atoms with Gasteiger partial charge in [-0.25, -0.2) is 9.59 Å². The maximum Gasteiger partial charge on any atom is 0.404 e. The van der Waals surface area contributed by atoms with Gasteiger partial charge in [-0.05, 0) is 37.2 Å². The number of carboxylic acid groups (broad SMARTS) is 2. The number of rotatable bonds is 25. The van der Waals surface area contributed by atoms with Gasteiger partial charge in [-0.1, -0.05) is 58.3 Å². The van der Waals surface area contributed by atoms with Gasteiger partial charge in [0, 0.05) is 31.9 Å².